The Hall–Kier alpha value is -1.38. The average Bonchev–Trinajstić information content (AvgIpc) is 2.29. The summed E-state index contributed by atoms with van der Waals surface area (Å²) < 4.78 is 0. The number of anilines is 3. The van der Waals surface area contributed by atoms with Crippen LogP contribution in [0.4, 0.5) is 17.1 Å². The van der Waals surface area contributed by atoms with E-state index in [4.69, 9.17) is 28.9 Å². The lowest BCUT2D eigenvalue weighted by molar-refractivity contribution is 1.21. The molecule has 88 valence electrons. The van der Waals surface area contributed by atoms with Gasteiger partial charge >= 0.3 is 0 Å². The van der Waals surface area contributed by atoms with E-state index in [-0.39, 0.29) is 0 Å². The first-order valence-corrected chi connectivity index (χ1v) is 5.88. The molecule has 2 N–H and O–H groups in total. The summed E-state index contributed by atoms with van der Waals surface area (Å²) in [5, 5.41) is 1.22. The van der Waals surface area contributed by atoms with Crippen molar-refractivity contribution in [1.82, 2.24) is 0 Å². The Bertz CT molecular complexity index is 541. The second-order valence-electron chi connectivity index (χ2n) is 3.71. The summed E-state index contributed by atoms with van der Waals surface area (Å²) in [6.07, 6.45) is 0. The molecule has 0 bridgehead atoms. The third-order valence-electron chi connectivity index (χ3n) is 2.57. The molecule has 0 atom stereocenters. The summed E-state index contributed by atoms with van der Waals surface area (Å²) in [5.41, 5.74) is 8.42. The zero-order valence-electron chi connectivity index (χ0n) is 9.32. The maximum absolute atomic E-state index is 6.16. The molecule has 0 aliphatic carbocycles. The minimum Gasteiger partial charge on any atom is -0.397 e. The molecule has 0 heterocycles. The molecular formula is C13H12Cl2N2. The van der Waals surface area contributed by atoms with Gasteiger partial charge in [0.05, 0.1) is 22.1 Å². The van der Waals surface area contributed by atoms with Crippen LogP contribution >= 0.6 is 23.2 Å². The summed E-state index contributed by atoms with van der Waals surface area (Å²) in [7, 11) is 1.92. The maximum Gasteiger partial charge on any atom is 0.0657 e. The lowest BCUT2D eigenvalue weighted by atomic mass is 10.2. The highest BCUT2D eigenvalue weighted by atomic mass is 35.5. The predicted octanol–water partition coefficient (Wildman–Crippen LogP) is 4.34. The van der Waals surface area contributed by atoms with Gasteiger partial charge in [-0.2, -0.15) is 0 Å². The second kappa shape index (κ2) is 4.86. The molecule has 0 saturated heterocycles. The summed E-state index contributed by atoms with van der Waals surface area (Å²) in [4.78, 5) is 1.94. The molecule has 17 heavy (non-hydrogen) atoms. The van der Waals surface area contributed by atoms with Gasteiger partial charge in [0.1, 0.15) is 0 Å². The van der Waals surface area contributed by atoms with Crippen LogP contribution in [0.25, 0.3) is 0 Å². The van der Waals surface area contributed by atoms with Gasteiger partial charge in [0.25, 0.3) is 0 Å². The van der Waals surface area contributed by atoms with Crippen molar-refractivity contribution in [3.05, 3.63) is 52.5 Å². The number of halogens is 2. The highest BCUT2D eigenvalue weighted by molar-refractivity contribution is 6.36. The zero-order chi connectivity index (χ0) is 12.4. The fourth-order valence-electron chi connectivity index (χ4n) is 1.68. The fraction of sp³-hybridized carbons (Fsp3) is 0.0769. The fourth-order valence-corrected chi connectivity index (χ4v) is 2.21. The van der Waals surface area contributed by atoms with Gasteiger partial charge in [-0.25, -0.2) is 0 Å². The summed E-state index contributed by atoms with van der Waals surface area (Å²) in [6, 6.07) is 13.0. The third kappa shape index (κ3) is 2.48. The van der Waals surface area contributed by atoms with Crippen molar-refractivity contribution in [2.45, 2.75) is 0 Å². The molecule has 2 aromatic carbocycles. The summed E-state index contributed by atoms with van der Waals surface area (Å²) in [6.45, 7) is 0. The minimum absolute atomic E-state index is 0.600. The monoisotopic (exact) mass is 266 g/mol. The smallest absolute Gasteiger partial charge is 0.0657 e. The highest BCUT2D eigenvalue weighted by Gasteiger charge is 2.10. The van der Waals surface area contributed by atoms with Gasteiger partial charge in [0.15, 0.2) is 0 Å². The lowest BCUT2D eigenvalue weighted by Gasteiger charge is -2.22. The van der Waals surface area contributed by atoms with Crippen LogP contribution < -0.4 is 10.6 Å². The Morgan fingerprint density at radius 2 is 1.71 bits per heavy atom. The van der Waals surface area contributed by atoms with E-state index in [0.29, 0.717) is 15.7 Å². The van der Waals surface area contributed by atoms with Gasteiger partial charge in [-0.3, -0.25) is 0 Å². The molecule has 0 spiro atoms. The summed E-state index contributed by atoms with van der Waals surface area (Å²) >= 11 is 12.0. The first kappa shape index (κ1) is 12.1. The molecule has 0 radical (unpaired) electrons. The van der Waals surface area contributed by atoms with Gasteiger partial charge in [-0.15, -0.1) is 0 Å². The number of nitrogens with two attached hydrogens (primary N) is 1. The van der Waals surface area contributed by atoms with E-state index in [9.17, 15) is 0 Å². The first-order valence-electron chi connectivity index (χ1n) is 5.13. The van der Waals surface area contributed by atoms with Crippen molar-refractivity contribution in [2.75, 3.05) is 17.7 Å². The second-order valence-corrected chi connectivity index (χ2v) is 4.56. The largest absolute Gasteiger partial charge is 0.397 e. The molecule has 0 unspecified atom stereocenters. The van der Waals surface area contributed by atoms with E-state index in [2.05, 4.69) is 0 Å². The van der Waals surface area contributed by atoms with Crippen molar-refractivity contribution in [3.8, 4) is 0 Å². The molecule has 4 heteroatoms. The van der Waals surface area contributed by atoms with Crippen LogP contribution in [-0.4, -0.2) is 7.05 Å². The van der Waals surface area contributed by atoms with Crippen LogP contribution in [0.3, 0.4) is 0 Å². The SMILES string of the molecule is CN(c1ccccc1N)c1ccc(Cl)cc1Cl. The highest BCUT2D eigenvalue weighted by Crippen LogP contribution is 2.34. The maximum atomic E-state index is 6.16. The average molecular weight is 267 g/mol. The van der Waals surface area contributed by atoms with Crippen LogP contribution in [0, 0.1) is 0 Å². The first-order chi connectivity index (χ1) is 8.09. The van der Waals surface area contributed by atoms with Gasteiger partial charge in [-0.1, -0.05) is 35.3 Å². The van der Waals surface area contributed by atoms with E-state index >= 15 is 0 Å². The van der Waals surface area contributed by atoms with E-state index in [1.807, 2.05) is 42.3 Å². The standard InChI is InChI=1S/C13H12Cl2N2/c1-17(13-5-3-2-4-11(13)16)12-7-6-9(14)8-10(12)15/h2-8H,16H2,1H3. The number of nitrogens with zero attached hydrogens (tertiary/aromatic N) is 1. The van der Waals surface area contributed by atoms with E-state index in [1.54, 1.807) is 12.1 Å². The molecule has 0 aliphatic rings. The van der Waals surface area contributed by atoms with Crippen LogP contribution in [0.2, 0.25) is 10.0 Å². The molecule has 0 amide bonds. The van der Waals surface area contributed by atoms with Crippen molar-refractivity contribution in [3.63, 3.8) is 0 Å². The number of rotatable bonds is 2. The van der Waals surface area contributed by atoms with Gasteiger partial charge in [0.2, 0.25) is 0 Å². The van der Waals surface area contributed by atoms with Crippen LogP contribution in [0.15, 0.2) is 42.5 Å². The Labute approximate surface area is 111 Å². The Balaban J connectivity index is 2.44. The minimum atomic E-state index is 0.600. The van der Waals surface area contributed by atoms with E-state index in [0.717, 1.165) is 11.4 Å². The molecule has 0 fully saturated rings. The number of hydrogen-bond donors (Lipinski definition) is 1. The van der Waals surface area contributed by atoms with Crippen molar-refractivity contribution in [2.24, 2.45) is 0 Å². The van der Waals surface area contributed by atoms with Crippen molar-refractivity contribution >= 4 is 40.3 Å². The van der Waals surface area contributed by atoms with Crippen molar-refractivity contribution < 1.29 is 0 Å². The van der Waals surface area contributed by atoms with Gasteiger partial charge in [0, 0.05) is 12.1 Å². The molecule has 0 saturated carbocycles. The van der Waals surface area contributed by atoms with Crippen LogP contribution in [-0.2, 0) is 0 Å². The van der Waals surface area contributed by atoms with E-state index < -0.39 is 0 Å². The molecule has 2 nitrogen and oxygen atoms in total. The number of para-hydroxylation sites is 2. The van der Waals surface area contributed by atoms with Crippen LogP contribution in [0.5, 0.6) is 0 Å². The van der Waals surface area contributed by atoms with Crippen molar-refractivity contribution in [1.29, 1.82) is 0 Å². The van der Waals surface area contributed by atoms with Gasteiger partial charge < -0.3 is 10.6 Å². The normalized spacial score (nSPS) is 10.3. The number of benzene rings is 2. The quantitative estimate of drug-likeness (QED) is 0.820. The molecule has 0 aromatic heterocycles. The van der Waals surface area contributed by atoms with Crippen LogP contribution in [0.1, 0.15) is 0 Å². The zero-order valence-corrected chi connectivity index (χ0v) is 10.8. The molecule has 2 aromatic rings. The Morgan fingerprint density at radius 1 is 1.00 bits per heavy atom. The third-order valence-corrected chi connectivity index (χ3v) is 3.11. The molecule has 0 aliphatic heterocycles. The topological polar surface area (TPSA) is 29.3 Å². The Morgan fingerprint density at radius 3 is 2.35 bits per heavy atom. The number of nitrogen functional groups attached to an aromatic ring is 1. The molecular weight excluding hydrogens is 255 g/mol. The summed E-state index contributed by atoms with van der Waals surface area (Å²) in [5.74, 6) is 0. The number of hydrogen-bond acceptors (Lipinski definition) is 2. The van der Waals surface area contributed by atoms with E-state index in [1.165, 1.54) is 0 Å². The van der Waals surface area contributed by atoms with Gasteiger partial charge in [-0.05, 0) is 30.3 Å². The predicted molar refractivity (Wildman–Crippen MR) is 75.4 cm³/mol. The Kier molecular flexibility index (Phi) is 3.46. The molecule has 2 rings (SSSR count). The lowest BCUT2D eigenvalue weighted by Crippen LogP contribution is -2.11.